The number of aryl methyl sites for hydroxylation is 2. The van der Waals surface area contributed by atoms with E-state index in [2.05, 4.69) is 27.2 Å². The van der Waals surface area contributed by atoms with E-state index in [1.54, 1.807) is 6.21 Å². The van der Waals surface area contributed by atoms with Gasteiger partial charge in [-0.3, -0.25) is 14.9 Å². The molecule has 3 aromatic rings. The highest BCUT2D eigenvalue weighted by Gasteiger charge is 2.17. The van der Waals surface area contributed by atoms with E-state index in [1.165, 1.54) is 24.8 Å². The number of ether oxygens (including phenoxy) is 1. The van der Waals surface area contributed by atoms with Crippen molar-refractivity contribution in [2.45, 2.75) is 20.8 Å². The first kappa shape index (κ1) is 20.8. The molecule has 0 saturated carbocycles. The lowest BCUT2D eigenvalue weighted by atomic mass is 10.1. The summed E-state index contributed by atoms with van der Waals surface area (Å²) in [5.74, 6) is -0.370. The Balaban J connectivity index is 1.82. The number of carbonyl (C=O) groups is 1. The lowest BCUT2D eigenvalue weighted by molar-refractivity contribution is -0.384. The summed E-state index contributed by atoms with van der Waals surface area (Å²) in [5.41, 5.74) is 7.32. The van der Waals surface area contributed by atoms with Gasteiger partial charge in [0.15, 0.2) is 0 Å². The lowest BCUT2D eigenvalue weighted by Crippen LogP contribution is -2.18. The summed E-state index contributed by atoms with van der Waals surface area (Å²) in [6, 6.07) is 14.0. The molecule has 1 heterocycles. The summed E-state index contributed by atoms with van der Waals surface area (Å²) >= 11 is 0. The second kappa shape index (κ2) is 8.60. The van der Waals surface area contributed by atoms with Crippen LogP contribution in [0.3, 0.4) is 0 Å². The zero-order valence-electron chi connectivity index (χ0n) is 17.2. The van der Waals surface area contributed by atoms with Crippen molar-refractivity contribution in [1.82, 2.24) is 9.99 Å². The van der Waals surface area contributed by atoms with Crippen molar-refractivity contribution in [3.8, 4) is 11.4 Å². The summed E-state index contributed by atoms with van der Waals surface area (Å²) in [6.45, 7) is 6.01. The number of amides is 1. The van der Waals surface area contributed by atoms with Crippen LogP contribution in [0.2, 0.25) is 0 Å². The summed E-state index contributed by atoms with van der Waals surface area (Å²) in [6.07, 6.45) is 1.55. The monoisotopic (exact) mass is 406 g/mol. The highest BCUT2D eigenvalue weighted by atomic mass is 16.6. The molecule has 8 nitrogen and oxygen atoms in total. The fourth-order valence-corrected chi connectivity index (χ4v) is 3.22. The summed E-state index contributed by atoms with van der Waals surface area (Å²) < 4.78 is 7.23. The number of nitrogens with zero attached hydrogens (tertiary/aromatic N) is 3. The number of hydrazone groups is 1. The number of methoxy groups -OCH3 is 1. The van der Waals surface area contributed by atoms with Gasteiger partial charge in [-0.15, -0.1) is 0 Å². The average Bonchev–Trinajstić information content (AvgIpc) is 3.01. The highest BCUT2D eigenvalue weighted by Crippen LogP contribution is 2.24. The Kier molecular flexibility index (Phi) is 5.96. The Hall–Kier alpha value is -3.94. The van der Waals surface area contributed by atoms with Crippen LogP contribution in [0.25, 0.3) is 5.69 Å². The van der Waals surface area contributed by atoms with Gasteiger partial charge in [-0.2, -0.15) is 5.10 Å². The third-order valence-electron chi connectivity index (χ3n) is 4.77. The molecule has 0 radical (unpaired) electrons. The average molecular weight is 406 g/mol. The number of hydrogen-bond donors (Lipinski definition) is 1. The van der Waals surface area contributed by atoms with E-state index in [4.69, 9.17) is 4.74 Å². The van der Waals surface area contributed by atoms with Crippen molar-refractivity contribution in [2.24, 2.45) is 5.10 Å². The molecule has 0 aliphatic carbocycles. The van der Waals surface area contributed by atoms with Crippen LogP contribution in [0.5, 0.6) is 5.75 Å². The van der Waals surface area contributed by atoms with Crippen molar-refractivity contribution >= 4 is 17.8 Å². The van der Waals surface area contributed by atoms with Crippen LogP contribution in [0.4, 0.5) is 5.69 Å². The van der Waals surface area contributed by atoms with Gasteiger partial charge in [0.2, 0.25) is 0 Å². The van der Waals surface area contributed by atoms with Gasteiger partial charge in [-0.25, -0.2) is 5.43 Å². The van der Waals surface area contributed by atoms with E-state index in [-0.39, 0.29) is 17.0 Å². The Morgan fingerprint density at radius 3 is 2.47 bits per heavy atom. The standard InChI is InChI=1S/C22H22N4O4/c1-14-5-7-18(8-6-14)25-15(2)11-17(16(25)3)13-23-24-22(27)20-12-19(26(28)29)9-10-21(20)30-4/h5-13H,1-4H3,(H,24,27)/b23-13-. The molecule has 0 bridgehead atoms. The molecule has 30 heavy (non-hydrogen) atoms. The number of hydrogen-bond acceptors (Lipinski definition) is 5. The van der Waals surface area contributed by atoms with Gasteiger partial charge in [0.25, 0.3) is 11.6 Å². The van der Waals surface area contributed by atoms with Gasteiger partial charge in [-0.05, 0) is 45.0 Å². The normalized spacial score (nSPS) is 10.9. The first-order chi connectivity index (χ1) is 14.3. The first-order valence-electron chi connectivity index (χ1n) is 9.23. The Morgan fingerprint density at radius 1 is 1.13 bits per heavy atom. The maximum absolute atomic E-state index is 12.5. The number of non-ortho nitro benzene ring substituents is 1. The fraction of sp³-hybridized carbons (Fsp3) is 0.182. The largest absolute Gasteiger partial charge is 0.496 e. The smallest absolute Gasteiger partial charge is 0.275 e. The third-order valence-corrected chi connectivity index (χ3v) is 4.77. The first-order valence-corrected chi connectivity index (χ1v) is 9.23. The van der Waals surface area contributed by atoms with Crippen LogP contribution in [0, 0.1) is 30.9 Å². The van der Waals surface area contributed by atoms with Gasteiger partial charge in [0.05, 0.1) is 23.8 Å². The predicted molar refractivity (Wildman–Crippen MR) is 115 cm³/mol. The van der Waals surface area contributed by atoms with Gasteiger partial charge in [-0.1, -0.05) is 17.7 Å². The molecule has 0 atom stereocenters. The highest BCUT2D eigenvalue weighted by molar-refractivity contribution is 5.98. The van der Waals surface area contributed by atoms with Crippen molar-refractivity contribution in [3.63, 3.8) is 0 Å². The van der Waals surface area contributed by atoms with E-state index < -0.39 is 10.8 Å². The zero-order valence-corrected chi connectivity index (χ0v) is 17.2. The van der Waals surface area contributed by atoms with Gasteiger partial charge in [0.1, 0.15) is 5.75 Å². The topological polar surface area (TPSA) is 98.8 Å². The van der Waals surface area contributed by atoms with Crippen molar-refractivity contribution in [3.05, 3.63) is 86.7 Å². The Bertz CT molecular complexity index is 1130. The molecule has 154 valence electrons. The molecule has 8 heteroatoms. The SMILES string of the molecule is COc1ccc([N+](=O)[O-])cc1C(=O)N/N=C\c1cc(C)n(-c2ccc(C)cc2)c1C. The number of aromatic nitrogens is 1. The van der Waals surface area contributed by atoms with Gasteiger partial charge in [0, 0.05) is 34.8 Å². The Labute approximate surface area is 173 Å². The van der Waals surface area contributed by atoms with Crippen molar-refractivity contribution in [1.29, 1.82) is 0 Å². The molecule has 0 fully saturated rings. The molecule has 0 saturated heterocycles. The number of rotatable bonds is 6. The number of carbonyl (C=O) groups excluding carboxylic acids is 1. The molecule has 2 aromatic carbocycles. The molecule has 0 spiro atoms. The molecule has 0 aliphatic rings. The van der Waals surface area contributed by atoms with E-state index >= 15 is 0 Å². The lowest BCUT2D eigenvalue weighted by Gasteiger charge is -2.09. The minimum absolute atomic E-state index is 0.0361. The number of nitro groups is 1. The summed E-state index contributed by atoms with van der Waals surface area (Å²) in [4.78, 5) is 22.9. The van der Waals surface area contributed by atoms with Gasteiger partial charge >= 0.3 is 0 Å². The summed E-state index contributed by atoms with van der Waals surface area (Å²) in [7, 11) is 1.39. The van der Waals surface area contributed by atoms with Crippen LogP contribution < -0.4 is 10.2 Å². The quantitative estimate of drug-likeness (QED) is 0.379. The van der Waals surface area contributed by atoms with Crippen molar-refractivity contribution < 1.29 is 14.5 Å². The molecule has 1 amide bonds. The van der Waals surface area contributed by atoms with E-state index in [0.717, 1.165) is 28.7 Å². The van der Waals surface area contributed by atoms with Crippen LogP contribution in [-0.2, 0) is 0 Å². The third kappa shape index (κ3) is 4.22. The molecule has 3 rings (SSSR count). The number of benzene rings is 2. The maximum Gasteiger partial charge on any atom is 0.275 e. The molecular weight excluding hydrogens is 384 g/mol. The van der Waals surface area contributed by atoms with Crippen molar-refractivity contribution in [2.75, 3.05) is 7.11 Å². The predicted octanol–water partition coefficient (Wildman–Crippen LogP) is 4.08. The number of nitrogens with one attached hydrogen (secondary N) is 1. The molecule has 1 N–H and O–H groups in total. The Morgan fingerprint density at radius 2 is 1.83 bits per heavy atom. The molecule has 0 unspecified atom stereocenters. The minimum Gasteiger partial charge on any atom is -0.496 e. The summed E-state index contributed by atoms with van der Waals surface area (Å²) in [5, 5.41) is 15.0. The van der Waals surface area contributed by atoms with Crippen LogP contribution in [-0.4, -0.2) is 28.7 Å². The van der Waals surface area contributed by atoms with Crippen LogP contribution >= 0.6 is 0 Å². The van der Waals surface area contributed by atoms with E-state index in [1.807, 2.05) is 39.0 Å². The number of nitro benzene ring substituents is 1. The van der Waals surface area contributed by atoms with E-state index in [0.29, 0.717) is 0 Å². The molecular formula is C22H22N4O4. The van der Waals surface area contributed by atoms with E-state index in [9.17, 15) is 14.9 Å². The van der Waals surface area contributed by atoms with Gasteiger partial charge < -0.3 is 9.30 Å². The second-order valence-corrected chi connectivity index (χ2v) is 6.84. The minimum atomic E-state index is -0.598. The fourth-order valence-electron chi connectivity index (χ4n) is 3.22. The second-order valence-electron chi connectivity index (χ2n) is 6.84. The molecule has 1 aromatic heterocycles. The van der Waals surface area contributed by atoms with Crippen LogP contribution in [0.15, 0.2) is 53.6 Å². The molecule has 0 aliphatic heterocycles. The van der Waals surface area contributed by atoms with Crippen LogP contribution in [0.1, 0.15) is 32.9 Å². The zero-order chi connectivity index (χ0) is 21.8. The maximum atomic E-state index is 12.5.